The monoisotopic (exact) mass is 562 g/mol. The Morgan fingerprint density at radius 3 is 2.14 bits per heavy atom. The highest BCUT2D eigenvalue weighted by atomic mass is 79.9. The van der Waals surface area contributed by atoms with Gasteiger partial charge in [0.2, 0.25) is 15.8 Å². The summed E-state index contributed by atoms with van der Waals surface area (Å²) in [6, 6.07) is 2.28. The van der Waals surface area contributed by atoms with Crippen LogP contribution in [0.4, 0.5) is 35.1 Å². The average molecular weight is 564 g/mol. The molecule has 0 aromatic carbocycles. The van der Waals surface area contributed by atoms with E-state index in [1.54, 1.807) is 0 Å². The molecule has 0 bridgehead atoms. The standard InChI is InChI=1S/C14H6Br2F8NO2S/c15-7-4-8(6-11(16,5-7)9-2-1-3-25-10(9)17)28(26,27)14(23,24)12(18,19)13(20,21)22/h1-6H. The Morgan fingerprint density at radius 1 is 1.07 bits per heavy atom. The van der Waals surface area contributed by atoms with Crippen LogP contribution in [0.2, 0.25) is 0 Å². The molecule has 3 nitrogen and oxygen atoms in total. The van der Waals surface area contributed by atoms with Crippen molar-refractivity contribution in [2.24, 2.45) is 0 Å². The summed E-state index contributed by atoms with van der Waals surface area (Å²) in [6.45, 7) is 0. The molecule has 1 heterocycles. The van der Waals surface area contributed by atoms with Crippen LogP contribution in [0.25, 0.3) is 0 Å². The van der Waals surface area contributed by atoms with Gasteiger partial charge in [-0.25, -0.2) is 13.4 Å². The molecular formula is C14H6Br2F8NO2S. The molecule has 1 radical (unpaired) electrons. The quantitative estimate of drug-likeness (QED) is 0.280. The molecule has 0 spiro atoms. The largest absolute Gasteiger partial charge is 0.461 e. The minimum Gasteiger partial charge on any atom is -0.228 e. The Kier molecular flexibility index (Phi) is 5.85. The minimum atomic E-state index is -6.88. The summed E-state index contributed by atoms with van der Waals surface area (Å²) in [5.74, 6) is -8.05. The van der Waals surface area contributed by atoms with Gasteiger partial charge in [-0.3, -0.25) is 0 Å². The molecular weight excluding hydrogens is 558 g/mol. The molecule has 1 aliphatic rings. The van der Waals surface area contributed by atoms with Crippen molar-refractivity contribution in [2.45, 2.75) is 21.7 Å². The van der Waals surface area contributed by atoms with Crippen LogP contribution in [-0.2, 0) is 14.2 Å². The van der Waals surface area contributed by atoms with Gasteiger partial charge in [0.05, 0.1) is 9.23 Å². The van der Waals surface area contributed by atoms with Gasteiger partial charge in [-0.05, 0) is 18.2 Å². The van der Waals surface area contributed by atoms with Gasteiger partial charge in [-0.2, -0.15) is 35.1 Å². The van der Waals surface area contributed by atoms with Gasteiger partial charge in [0.15, 0.2) is 0 Å². The predicted molar refractivity (Wildman–Crippen MR) is 89.1 cm³/mol. The molecule has 1 aromatic heterocycles. The molecule has 1 atom stereocenters. The number of rotatable bonds is 4. The fourth-order valence-corrected chi connectivity index (χ4v) is 5.51. The number of nitrogens with zero attached hydrogens (tertiary/aromatic N) is 1. The van der Waals surface area contributed by atoms with Gasteiger partial charge in [0.25, 0.3) is 0 Å². The molecule has 1 aromatic rings. The molecule has 0 amide bonds. The highest BCUT2D eigenvalue weighted by molar-refractivity contribution is 9.12. The van der Waals surface area contributed by atoms with Gasteiger partial charge < -0.3 is 0 Å². The van der Waals surface area contributed by atoms with Crippen LogP contribution >= 0.6 is 31.9 Å². The second-order valence-electron chi connectivity index (χ2n) is 5.42. The lowest BCUT2D eigenvalue weighted by atomic mass is 9.93. The molecule has 1 unspecified atom stereocenters. The highest BCUT2D eigenvalue weighted by Gasteiger charge is 2.79. The van der Waals surface area contributed by atoms with Crippen molar-refractivity contribution >= 4 is 41.7 Å². The Hall–Kier alpha value is -1.02. The van der Waals surface area contributed by atoms with E-state index in [9.17, 15) is 43.5 Å². The lowest BCUT2D eigenvalue weighted by Gasteiger charge is -2.31. The number of allylic oxidation sites excluding steroid dienone is 3. The van der Waals surface area contributed by atoms with Crippen LogP contribution in [-0.4, -0.2) is 30.8 Å². The summed E-state index contributed by atoms with van der Waals surface area (Å²) in [6.07, 6.45) is -4.00. The SMILES string of the molecule is O=S(=O)(C1=CC(Br)(c2cccnc2F)[CH]C(Br)=C1)C(F)(F)C(F)(F)C(F)(F)F. The molecule has 0 saturated carbocycles. The fourth-order valence-electron chi connectivity index (χ4n) is 2.13. The second kappa shape index (κ2) is 7.04. The number of sulfone groups is 1. The predicted octanol–water partition coefficient (Wildman–Crippen LogP) is 5.40. The smallest absolute Gasteiger partial charge is 0.228 e. The molecule has 155 valence electrons. The molecule has 2 rings (SSSR count). The number of pyridine rings is 1. The molecule has 28 heavy (non-hydrogen) atoms. The van der Waals surface area contributed by atoms with Gasteiger partial charge in [-0.15, -0.1) is 0 Å². The van der Waals surface area contributed by atoms with Gasteiger partial charge >= 0.3 is 17.4 Å². The summed E-state index contributed by atoms with van der Waals surface area (Å²) in [7, 11) is -6.57. The van der Waals surface area contributed by atoms with E-state index in [-0.39, 0.29) is 4.48 Å². The molecule has 14 heteroatoms. The van der Waals surface area contributed by atoms with Crippen molar-refractivity contribution in [3.63, 3.8) is 0 Å². The Bertz CT molecular complexity index is 958. The zero-order valence-electron chi connectivity index (χ0n) is 12.9. The topological polar surface area (TPSA) is 47.0 Å². The van der Waals surface area contributed by atoms with Crippen LogP contribution in [0.1, 0.15) is 5.56 Å². The summed E-state index contributed by atoms with van der Waals surface area (Å²) in [5.41, 5.74) is -0.404. The summed E-state index contributed by atoms with van der Waals surface area (Å²) in [5, 5.41) is -6.54. The maximum absolute atomic E-state index is 14.0. The van der Waals surface area contributed by atoms with E-state index in [0.29, 0.717) is 12.2 Å². The Balaban J connectivity index is 2.68. The first kappa shape index (κ1) is 23.3. The van der Waals surface area contributed by atoms with Gasteiger partial charge in [0, 0.05) is 22.7 Å². The van der Waals surface area contributed by atoms with E-state index in [1.165, 1.54) is 6.07 Å². The van der Waals surface area contributed by atoms with Gasteiger partial charge in [0.1, 0.15) is 0 Å². The maximum Gasteiger partial charge on any atom is 0.461 e. The Morgan fingerprint density at radius 2 is 1.64 bits per heavy atom. The zero-order chi connectivity index (χ0) is 21.8. The number of hydrogen-bond acceptors (Lipinski definition) is 3. The number of aromatic nitrogens is 1. The van der Waals surface area contributed by atoms with Crippen molar-refractivity contribution in [2.75, 3.05) is 0 Å². The Labute approximate surface area is 169 Å². The fraction of sp³-hybridized carbons (Fsp3) is 0.286. The van der Waals surface area contributed by atoms with Crippen LogP contribution in [0.3, 0.4) is 0 Å². The first-order valence-corrected chi connectivity index (χ1v) is 9.87. The third-order valence-corrected chi connectivity index (χ3v) is 6.65. The zero-order valence-corrected chi connectivity index (χ0v) is 16.9. The van der Waals surface area contributed by atoms with Crippen molar-refractivity contribution in [3.8, 4) is 0 Å². The second-order valence-corrected chi connectivity index (χ2v) is 9.64. The molecule has 0 aliphatic heterocycles. The van der Waals surface area contributed by atoms with E-state index < -0.39 is 47.9 Å². The van der Waals surface area contributed by atoms with Crippen LogP contribution in [0.15, 0.2) is 39.9 Å². The lowest BCUT2D eigenvalue weighted by Crippen LogP contribution is -2.56. The van der Waals surface area contributed by atoms with E-state index in [1.807, 2.05) is 0 Å². The molecule has 0 saturated heterocycles. The number of hydrogen-bond donors (Lipinski definition) is 0. The molecule has 1 aliphatic carbocycles. The van der Waals surface area contributed by atoms with E-state index in [2.05, 4.69) is 36.8 Å². The first-order chi connectivity index (χ1) is 12.5. The average Bonchev–Trinajstić information content (AvgIpc) is 2.52. The molecule has 0 N–H and O–H groups in total. The van der Waals surface area contributed by atoms with Crippen LogP contribution in [0, 0.1) is 12.4 Å². The number of halogens is 10. The van der Waals surface area contributed by atoms with E-state index in [4.69, 9.17) is 0 Å². The maximum atomic E-state index is 14.0. The van der Waals surface area contributed by atoms with Crippen LogP contribution < -0.4 is 0 Å². The normalized spacial score (nSPS) is 21.9. The minimum absolute atomic E-state index is 0.306. The third-order valence-electron chi connectivity index (χ3n) is 3.52. The van der Waals surface area contributed by atoms with E-state index >= 15 is 0 Å². The first-order valence-electron chi connectivity index (χ1n) is 6.80. The van der Waals surface area contributed by atoms with Gasteiger partial charge in [-0.1, -0.05) is 37.9 Å². The van der Waals surface area contributed by atoms with Crippen LogP contribution in [0.5, 0.6) is 0 Å². The number of alkyl halides is 8. The van der Waals surface area contributed by atoms with Crippen molar-refractivity contribution in [1.82, 2.24) is 4.98 Å². The van der Waals surface area contributed by atoms with Crippen molar-refractivity contribution < 1.29 is 43.5 Å². The van der Waals surface area contributed by atoms with Crippen molar-refractivity contribution in [1.29, 1.82) is 0 Å². The summed E-state index contributed by atoms with van der Waals surface area (Å²) in [4.78, 5) is 1.70. The summed E-state index contributed by atoms with van der Waals surface area (Å²) >= 11 is 5.63. The molecule has 0 fully saturated rings. The van der Waals surface area contributed by atoms with Crippen molar-refractivity contribution in [3.05, 3.63) is 57.8 Å². The highest BCUT2D eigenvalue weighted by Crippen LogP contribution is 2.53. The lowest BCUT2D eigenvalue weighted by molar-refractivity contribution is -0.331. The van der Waals surface area contributed by atoms with E-state index in [0.717, 1.165) is 18.7 Å². The third kappa shape index (κ3) is 3.62. The summed E-state index contributed by atoms with van der Waals surface area (Å²) < 4.78 is 127.